The molecule has 20 heavy (non-hydrogen) atoms. The molecule has 4 heteroatoms. The lowest BCUT2D eigenvalue weighted by atomic mass is 10.1. The minimum absolute atomic E-state index is 0.130. The quantitative estimate of drug-likeness (QED) is 0.783. The van der Waals surface area contributed by atoms with Crippen molar-refractivity contribution in [1.82, 2.24) is 5.32 Å². The molecular formula is C16H27FN2S. The van der Waals surface area contributed by atoms with Gasteiger partial charge in [-0.3, -0.25) is 0 Å². The molecule has 0 fully saturated rings. The number of thioether (sulfide) groups is 1. The minimum Gasteiger partial charge on any atom is -0.368 e. The number of hydrogen-bond acceptors (Lipinski definition) is 3. The van der Waals surface area contributed by atoms with E-state index in [4.69, 9.17) is 0 Å². The minimum atomic E-state index is -0.130. The Balaban J connectivity index is 3.01. The zero-order valence-electron chi connectivity index (χ0n) is 13.2. The average molecular weight is 298 g/mol. The molecule has 0 aliphatic rings. The largest absolute Gasteiger partial charge is 0.368 e. The molecule has 1 N–H and O–H groups in total. The van der Waals surface area contributed by atoms with Crippen molar-refractivity contribution in [2.24, 2.45) is 0 Å². The van der Waals surface area contributed by atoms with Crippen molar-refractivity contribution in [1.29, 1.82) is 0 Å². The summed E-state index contributed by atoms with van der Waals surface area (Å²) in [6, 6.07) is 6.11. The number of hydrogen-bond donors (Lipinski definition) is 1. The Morgan fingerprint density at radius 2 is 2.05 bits per heavy atom. The van der Waals surface area contributed by atoms with E-state index in [-0.39, 0.29) is 5.82 Å². The molecule has 0 amide bonds. The maximum Gasteiger partial charge on any atom is 0.146 e. The Hall–Kier alpha value is -0.740. The van der Waals surface area contributed by atoms with E-state index >= 15 is 0 Å². The van der Waals surface area contributed by atoms with Crippen molar-refractivity contribution in [3.63, 3.8) is 0 Å². The van der Waals surface area contributed by atoms with Crippen LogP contribution in [0.4, 0.5) is 10.1 Å². The summed E-state index contributed by atoms with van der Waals surface area (Å²) in [6.45, 7) is 7.06. The van der Waals surface area contributed by atoms with E-state index in [1.54, 1.807) is 12.1 Å². The summed E-state index contributed by atoms with van der Waals surface area (Å²) in [4.78, 5) is 2.10. The van der Waals surface area contributed by atoms with Crippen molar-refractivity contribution in [2.75, 3.05) is 24.0 Å². The zero-order valence-corrected chi connectivity index (χ0v) is 14.1. The fraction of sp³-hybridized carbons (Fsp3) is 0.625. The zero-order chi connectivity index (χ0) is 15.1. The highest BCUT2D eigenvalue weighted by atomic mass is 32.2. The van der Waals surface area contributed by atoms with Gasteiger partial charge in [0.15, 0.2) is 0 Å². The first-order valence-electron chi connectivity index (χ1n) is 7.23. The van der Waals surface area contributed by atoms with Crippen molar-refractivity contribution in [2.45, 2.75) is 45.8 Å². The average Bonchev–Trinajstić information content (AvgIpc) is 2.41. The van der Waals surface area contributed by atoms with E-state index < -0.39 is 0 Å². The summed E-state index contributed by atoms with van der Waals surface area (Å²) in [5, 5.41) is 3.37. The molecule has 1 rings (SSSR count). The molecule has 0 saturated carbocycles. The lowest BCUT2D eigenvalue weighted by molar-refractivity contribution is 0.571. The number of nitrogens with zero attached hydrogens (tertiary/aromatic N) is 1. The van der Waals surface area contributed by atoms with Crippen molar-refractivity contribution >= 4 is 17.4 Å². The van der Waals surface area contributed by atoms with Gasteiger partial charge < -0.3 is 10.2 Å². The normalized spacial score (nSPS) is 12.8. The predicted molar refractivity (Wildman–Crippen MR) is 89.2 cm³/mol. The summed E-state index contributed by atoms with van der Waals surface area (Å²) in [6.07, 6.45) is 3.11. The third-order valence-electron chi connectivity index (χ3n) is 3.50. The number of para-hydroxylation sites is 1. The molecule has 2 nitrogen and oxygen atoms in total. The fourth-order valence-corrected chi connectivity index (χ4v) is 3.13. The van der Waals surface area contributed by atoms with Crippen LogP contribution in [0.25, 0.3) is 0 Å². The first-order valence-corrected chi connectivity index (χ1v) is 8.63. The molecule has 0 saturated heterocycles. The van der Waals surface area contributed by atoms with Crippen LogP contribution in [0.1, 0.15) is 32.8 Å². The third kappa shape index (κ3) is 4.67. The summed E-state index contributed by atoms with van der Waals surface area (Å²) >= 11 is 1.81. The molecule has 114 valence electrons. The standard InChI is InChI=1S/C16H27FN2S/c1-6-14(11-20-5)19(4)16-13(10-18-12(2)3)8-7-9-15(16)17/h7-9,12,14,18H,6,10-11H2,1-5H3. The first-order chi connectivity index (χ1) is 9.51. The fourth-order valence-electron chi connectivity index (χ4n) is 2.29. The van der Waals surface area contributed by atoms with Gasteiger partial charge in [0, 0.05) is 31.4 Å². The van der Waals surface area contributed by atoms with Gasteiger partial charge in [0.25, 0.3) is 0 Å². The molecule has 0 aromatic heterocycles. The Bertz CT molecular complexity index is 409. The van der Waals surface area contributed by atoms with Crippen molar-refractivity contribution in [3.8, 4) is 0 Å². The van der Waals surface area contributed by atoms with Crippen LogP contribution in [0.2, 0.25) is 0 Å². The van der Waals surface area contributed by atoms with Crippen LogP contribution in [0.3, 0.4) is 0 Å². The number of rotatable bonds is 8. The molecule has 1 aromatic rings. The molecule has 1 unspecified atom stereocenters. The summed E-state index contributed by atoms with van der Waals surface area (Å²) in [5.74, 6) is 0.883. The van der Waals surface area contributed by atoms with Gasteiger partial charge in [-0.05, 0) is 24.3 Å². The SMILES string of the molecule is CCC(CSC)N(C)c1c(F)cccc1CNC(C)C. The van der Waals surface area contributed by atoms with Gasteiger partial charge in [0.1, 0.15) is 5.82 Å². The van der Waals surface area contributed by atoms with Crippen molar-refractivity contribution in [3.05, 3.63) is 29.6 Å². The van der Waals surface area contributed by atoms with E-state index in [0.717, 1.165) is 23.4 Å². The number of benzene rings is 1. The first kappa shape index (κ1) is 17.3. The van der Waals surface area contributed by atoms with Gasteiger partial charge in [0.05, 0.1) is 5.69 Å². The monoisotopic (exact) mass is 298 g/mol. The Kier molecular flexibility index (Phi) is 7.38. The maximum absolute atomic E-state index is 14.3. The van der Waals surface area contributed by atoms with Crippen LogP contribution in [-0.2, 0) is 6.54 Å². The highest BCUT2D eigenvalue weighted by Crippen LogP contribution is 2.27. The second-order valence-corrected chi connectivity index (χ2v) is 6.32. The molecule has 0 aliphatic carbocycles. The van der Waals surface area contributed by atoms with Crippen LogP contribution in [0.5, 0.6) is 0 Å². The van der Waals surface area contributed by atoms with E-state index in [9.17, 15) is 4.39 Å². The lowest BCUT2D eigenvalue weighted by Crippen LogP contribution is -2.35. The van der Waals surface area contributed by atoms with Gasteiger partial charge in [-0.2, -0.15) is 11.8 Å². The predicted octanol–water partition coefficient (Wildman–Crippen LogP) is 3.90. The highest BCUT2D eigenvalue weighted by Gasteiger charge is 2.19. The van der Waals surface area contributed by atoms with Gasteiger partial charge >= 0.3 is 0 Å². The molecule has 0 aliphatic heterocycles. The molecule has 0 spiro atoms. The second-order valence-electron chi connectivity index (χ2n) is 5.41. The van der Waals surface area contributed by atoms with Gasteiger partial charge in [-0.25, -0.2) is 4.39 Å². The van der Waals surface area contributed by atoms with Crippen LogP contribution >= 0.6 is 11.8 Å². The lowest BCUT2D eigenvalue weighted by Gasteiger charge is -2.31. The van der Waals surface area contributed by atoms with Gasteiger partial charge in [-0.15, -0.1) is 0 Å². The van der Waals surface area contributed by atoms with Crippen LogP contribution in [-0.4, -0.2) is 31.1 Å². The summed E-state index contributed by atoms with van der Waals surface area (Å²) < 4.78 is 14.3. The third-order valence-corrected chi connectivity index (χ3v) is 4.22. The van der Waals surface area contributed by atoms with Crippen LogP contribution < -0.4 is 10.2 Å². The topological polar surface area (TPSA) is 15.3 Å². The Morgan fingerprint density at radius 3 is 2.60 bits per heavy atom. The van der Waals surface area contributed by atoms with E-state index in [2.05, 4.69) is 37.2 Å². The molecule has 0 bridgehead atoms. The molecule has 0 heterocycles. The molecule has 1 atom stereocenters. The van der Waals surface area contributed by atoms with Gasteiger partial charge in [0.2, 0.25) is 0 Å². The number of halogens is 1. The van der Waals surface area contributed by atoms with E-state index in [1.165, 1.54) is 0 Å². The van der Waals surface area contributed by atoms with E-state index in [0.29, 0.717) is 18.6 Å². The Labute approximate surface area is 127 Å². The van der Waals surface area contributed by atoms with E-state index in [1.807, 2.05) is 24.9 Å². The molecular weight excluding hydrogens is 271 g/mol. The number of anilines is 1. The maximum atomic E-state index is 14.3. The Morgan fingerprint density at radius 1 is 1.35 bits per heavy atom. The molecule has 1 aromatic carbocycles. The van der Waals surface area contributed by atoms with Crippen LogP contribution in [0.15, 0.2) is 18.2 Å². The summed E-state index contributed by atoms with van der Waals surface area (Å²) in [7, 11) is 2.00. The number of nitrogens with one attached hydrogen (secondary N) is 1. The smallest absolute Gasteiger partial charge is 0.146 e. The van der Waals surface area contributed by atoms with Gasteiger partial charge in [-0.1, -0.05) is 32.9 Å². The summed E-state index contributed by atoms with van der Waals surface area (Å²) in [5.41, 5.74) is 1.77. The molecule has 0 radical (unpaired) electrons. The van der Waals surface area contributed by atoms with Crippen LogP contribution in [0, 0.1) is 5.82 Å². The van der Waals surface area contributed by atoms with Crippen molar-refractivity contribution < 1.29 is 4.39 Å². The highest BCUT2D eigenvalue weighted by molar-refractivity contribution is 7.98. The second kappa shape index (κ2) is 8.53.